The molecule has 1 atom stereocenters. The van der Waals surface area contributed by atoms with E-state index >= 15 is 0 Å². The molecular formula is C18H19F3N2O3. The zero-order valence-corrected chi connectivity index (χ0v) is 14.4. The Labute approximate surface area is 149 Å². The molecule has 0 radical (unpaired) electrons. The summed E-state index contributed by atoms with van der Waals surface area (Å²) in [4.78, 5) is 26.0. The van der Waals surface area contributed by atoms with E-state index in [0.29, 0.717) is 0 Å². The van der Waals surface area contributed by atoms with Gasteiger partial charge in [0.15, 0.2) is 0 Å². The van der Waals surface area contributed by atoms with Gasteiger partial charge in [-0.15, -0.1) is 6.58 Å². The van der Waals surface area contributed by atoms with E-state index in [0.717, 1.165) is 6.07 Å². The van der Waals surface area contributed by atoms with Crippen molar-refractivity contribution in [2.45, 2.75) is 26.1 Å². The fourth-order valence-electron chi connectivity index (χ4n) is 2.84. The van der Waals surface area contributed by atoms with Crippen LogP contribution in [0, 0.1) is 0 Å². The van der Waals surface area contributed by atoms with Gasteiger partial charge in [-0.25, -0.2) is 9.59 Å². The van der Waals surface area contributed by atoms with Crippen LogP contribution in [0.3, 0.4) is 0 Å². The fraction of sp³-hybridized carbons (Fsp3) is 0.333. The van der Waals surface area contributed by atoms with Crippen molar-refractivity contribution in [2.24, 2.45) is 0 Å². The zero-order chi connectivity index (χ0) is 19.5. The number of benzene rings is 1. The van der Waals surface area contributed by atoms with Crippen LogP contribution in [-0.4, -0.2) is 30.1 Å². The van der Waals surface area contributed by atoms with E-state index in [1.807, 2.05) is 0 Å². The summed E-state index contributed by atoms with van der Waals surface area (Å²) in [6.07, 6.45) is -3.18. The molecule has 0 aromatic heterocycles. The highest BCUT2D eigenvalue weighted by Crippen LogP contribution is 2.39. The molecule has 0 bridgehead atoms. The molecule has 1 aromatic carbocycles. The molecule has 1 N–H and O–H groups in total. The van der Waals surface area contributed by atoms with Crippen LogP contribution in [0.1, 0.15) is 31.0 Å². The van der Waals surface area contributed by atoms with Crippen molar-refractivity contribution in [1.29, 1.82) is 0 Å². The van der Waals surface area contributed by atoms with Gasteiger partial charge in [0.05, 0.1) is 23.8 Å². The summed E-state index contributed by atoms with van der Waals surface area (Å²) in [6.45, 7) is 6.79. The molecule has 140 valence electrons. The number of carbonyl (C=O) groups is 2. The Bertz CT molecular complexity index is 756. The van der Waals surface area contributed by atoms with E-state index < -0.39 is 29.8 Å². The van der Waals surface area contributed by atoms with Gasteiger partial charge in [0.25, 0.3) is 0 Å². The average molecular weight is 368 g/mol. The minimum absolute atomic E-state index is 0.0370. The molecule has 1 unspecified atom stereocenters. The summed E-state index contributed by atoms with van der Waals surface area (Å²) >= 11 is 0. The van der Waals surface area contributed by atoms with Gasteiger partial charge in [-0.3, -0.25) is 4.90 Å². The van der Waals surface area contributed by atoms with E-state index in [9.17, 15) is 22.8 Å². The van der Waals surface area contributed by atoms with Crippen LogP contribution in [0.4, 0.5) is 18.0 Å². The van der Waals surface area contributed by atoms with Gasteiger partial charge in [-0.2, -0.15) is 13.2 Å². The molecule has 0 saturated carbocycles. The number of nitrogens with one attached hydrogen (secondary N) is 1. The minimum atomic E-state index is -4.63. The highest BCUT2D eigenvalue weighted by Gasteiger charge is 2.41. The molecule has 1 aliphatic rings. The van der Waals surface area contributed by atoms with Gasteiger partial charge in [0, 0.05) is 12.2 Å². The molecule has 8 heteroatoms. The average Bonchev–Trinajstić information content (AvgIpc) is 2.57. The third-order valence-electron chi connectivity index (χ3n) is 3.98. The number of rotatable bonds is 5. The Balaban J connectivity index is 2.65. The fourth-order valence-corrected chi connectivity index (χ4v) is 2.84. The smallest absolute Gasteiger partial charge is 0.416 e. The van der Waals surface area contributed by atoms with E-state index in [2.05, 4.69) is 11.9 Å². The second kappa shape index (κ2) is 7.63. The van der Waals surface area contributed by atoms with Crippen molar-refractivity contribution in [2.75, 3.05) is 13.2 Å². The number of hydrogen-bond acceptors (Lipinski definition) is 3. The maximum absolute atomic E-state index is 13.4. The van der Waals surface area contributed by atoms with Crippen molar-refractivity contribution < 1.29 is 27.5 Å². The predicted molar refractivity (Wildman–Crippen MR) is 89.0 cm³/mol. The molecule has 2 rings (SSSR count). The van der Waals surface area contributed by atoms with Gasteiger partial charge in [0.1, 0.15) is 0 Å². The summed E-state index contributed by atoms with van der Waals surface area (Å²) in [5.74, 6) is -0.777. The van der Waals surface area contributed by atoms with Gasteiger partial charge in [-0.05, 0) is 25.5 Å². The SMILES string of the molecule is C=CCN1C(=O)NC(c2ccccc2C(F)(F)F)C(C(=O)OCC)=C1C. The Morgan fingerprint density at radius 1 is 1.38 bits per heavy atom. The second-order valence-corrected chi connectivity index (χ2v) is 5.59. The highest BCUT2D eigenvalue weighted by atomic mass is 19.4. The largest absolute Gasteiger partial charge is 0.463 e. The number of allylic oxidation sites excluding steroid dienone is 1. The first kappa shape index (κ1) is 19.6. The number of halogens is 3. The number of alkyl halides is 3. The van der Waals surface area contributed by atoms with Gasteiger partial charge in [0.2, 0.25) is 0 Å². The van der Waals surface area contributed by atoms with Crippen LogP contribution in [0.25, 0.3) is 0 Å². The number of esters is 1. The minimum Gasteiger partial charge on any atom is -0.463 e. The summed E-state index contributed by atoms with van der Waals surface area (Å²) < 4.78 is 45.2. The van der Waals surface area contributed by atoms with Crippen LogP contribution in [0.15, 0.2) is 48.2 Å². The van der Waals surface area contributed by atoms with Crippen LogP contribution >= 0.6 is 0 Å². The Morgan fingerprint density at radius 3 is 2.62 bits per heavy atom. The van der Waals surface area contributed by atoms with E-state index in [1.165, 1.54) is 36.1 Å². The molecule has 1 aliphatic heterocycles. The zero-order valence-electron chi connectivity index (χ0n) is 14.4. The Kier molecular flexibility index (Phi) is 5.74. The first-order valence-corrected chi connectivity index (χ1v) is 7.95. The summed E-state index contributed by atoms with van der Waals surface area (Å²) in [5.41, 5.74) is -0.940. The number of hydrogen-bond donors (Lipinski definition) is 1. The van der Waals surface area contributed by atoms with Crippen molar-refractivity contribution in [3.8, 4) is 0 Å². The molecule has 0 aliphatic carbocycles. The highest BCUT2D eigenvalue weighted by molar-refractivity contribution is 5.95. The first-order chi connectivity index (χ1) is 12.2. The van der Waals surface area contributed by atoms with Crippen molar-refractivity contribution in [3.63, 3.8) is 0 Å². The topological polar surface area (TPSA) is 58.6 Å². The molecule has 26 heavy (non-hydrogen) atoms. The van der Waals surface area contributed by atoms with Gasteiger partial charge >= 0.3 is 18.2 Å². The van der Waals surface area contributed by atoms with E-state index in [1.54, 1.807) is 6.92 Å². The molecular weight excluding hydrogens is 349 g/mol. The lowest BCUT2D eigenvalue weighted by molar-refractivity contribution is -0.141. The van der Waals surface area contributed by atoms with Crippen LogP contribution < -0.4 is 5.32 Å². The standard InChI is InChI=1S/C18H19F3N2O3/c1-4-10-23-11(3)14(16(24)26-5-2)15(22-17(23)25)12-8-6-7-9-13(12)18(19,20)21/h4,6-9,15H,1,5,10H2,2-3H3,(H,22,25). The molecule has 1 heterocycles. The van der Waals surface area contributed by atoms with Gasteiger partial charge < -0.3 is 10.1 Å². The number of nitrogens with zero attached hydrogens (tertiary/aromatic N) is 1. The molecule has 0 spiro atoms. The molecule has 5 nitrogen and oxygen atoms in total. The third kappa shape index (κ3) is 3.74. The Hall–Kier alpha value is -2.77. The van der Waals surface area contributed by atoms with Crippen molar-refractivity contribution in [1.82, 2.24) is 10.2 Å². The third-order valence-corrected chi connectivity index (χ3v) is 3.98. The second-order valence-electron chi connectivity index (χ2n) is 5.59. The van der Waals surface area contributed by atoms with E-state index in [-0.39, 0.29) is 30.0 Å². The quantitative estimate of drug-likeness (QED) is 0.635. The molecule has 2 amide bonds. The Morgan fingerprint density at radius 2 is 2.04 bits per heavy atom. The number of carbonyl (C=O) groups excluding carboxylic acids is 2. The van der Waals surface area contributed by atoms with Crippen LogP contribution in [-0.2, 0) is 15.7 Å². The maximum Gasteiger partial charge on any atom is 0.416 e. The van der Waals surface area contributed by atoms with Crippen LogP contribution in [0.2, 0.25) is 0 Å². The maximum atomic E-state index is 13.4. The van der Waals surface area contributed by atoms with Crippen LogP contribution in [0.5, 0.6) is 0 Å². The monoisotopic (exact) mass is 368 g/mol. The first-order valence-electron chi connectivity index (χ1n) is 7.95. The van der Waals surface area contributed by atoms with Gasteiger partial charge in [-0.1, -0.05) is 24.3 Å². The lowest BCUT2D eigenvalue weighted by atomic mass is 9.91. The number of amides is 2. The van der Waals surface area contributed by atoms with Crippen molar-refractivity contribution >= 4 is 12.0 Å². The molecule has 1 aromatic rings. The summed E-state index contributed by atoms with van der Waals surface area (Å²) in [5, 5.41) is 2.48. The summed E-state index contributed by atoms with van der Waals surface area (Å²) in [6, 6.07) is 2.95. The normalized spacial score (nSPS) is 17.8. The number of ether oxygens (including phenoxy) is 1. The lowest BCUT2D eigenvalue weighted by Gasteiger charge is -2.35. The summed E-state index contributed by atoms with van der Waals surface area (Å²) in [7, 11) is 0. The van der Waals surface area contributed by atoms with Crippen molar-refractivity contribution in [3.05, 3.63) is 59.3 Å². The molecule has 0 saturated heterocycles. The lowest BCUT2D eigenvalue weighted by Crippen LogP contribution is -2.48. The van der Waals surface area contributed by atoms with E-state index in [4.69, 9.17) is 4.74 Å². The predicted octanol–water partition coefficient (Wildman–Crippen LogP) is 3.79. The number of urea groups is 1. The molecule has 0 fully saturated rings.